The molecule has 0 fully saturated rings. The van der Waals surface area contributed by atoms with Gasteiger partial charge in [0.15, 0.2) is 0 Å². The molecule has 3 heteroatoms. The molecule has 0 aliphatic rings. The highest BCUT2D eigenvalue weighted by atomic mass is 14.9. The number of nitrogens with two attached hydrogens (primary N) is 1. The van der Waals surface area contributed by atoms with Crippen LogP contribution in [0.3, 0.4) is 0 Å². The summed E-state index contributed by atoms with van der Waals surface area (Å²) in [6.07, 6.45) is 4.57. The van der Waals surface area contributed by atoms with Crippen molar-refractivity contribution in [2.24, 2.45) is 5.73 Å². The average Bonchev–Trinajstić information content (AvgIpc) is 2.42. The van der Waals surface area contributed by atoms with Gasteiger partial charge in [0.2, 0.25) is 0 Å². The third-order valence-corrected chi connectivity index (χ3v) is 3.02. The molecule has 0 radical (unpaired) electrons. The Kier molecular flexibility index (Phi) is 4.31. The van der Waals surface area contributed by atoms with Crippen LogP contribution in [0.2, 0.25) is 0 Å². The van der Waals surface area contributed by atoms with Crippen molar-refractivity contribution in [1.82, 2.24) is 4.98 Å². The van der Waals surface area contributed by atoms with Crippen molar-refractivity contribution in [1.29, 1.82) is 0 Å². The Morgan fingerprint density at radius 2 is 2.00 bits per heavy atom. The number of hydrogen-bond acceptors (Lipinski definition) is 3. The second-order valence-electron chi connectivity index (χ2n) is 4.42. The summed E-state index contributed by atoms with van der Waals surface area (Å²) in [4.78, 5) is 4.07. The molecule has 1 unspecified atom stereocenters. The molecule has 94 valence electrons. The van der Waals surface area contributed by atoms with Gasteiger partial charge in [-0.25, -0.2) is 0 Å². The third-order valence-electron chi connectivity index (χ3n) is 3.02. The number of anilines is 1. The van der Waals surface area contributed by atoms with Crippen molar-refractivity contribution in [3.05, 3.63) is 59.9 Å². The highest BCUT2D eigenvalue weighted by Crippen LogP contribution is 2.15. The molecule has 1 aromatic carbocycles. The molecule has 0 aliphatic carbocycles. The van der Waals surface area contributed by atoms with E-state index in [9.17, 15) is 0 Å². The Balaban J connectivity index is 1.84. The van der Waals surface area contributed by atoms with Crippen LogP contribution in [0.25, 0.3) is 0 Å². The van der Waals surface area contributed by atoms with E-state index in [2.05, 4.69) is 22.4 Å². The maximum absolute atomic E-state index is 6.14. The van der Waals surface area contributed by atoms with Crippen molar-refractivity contribution in [2.45, 2.75) is 19.4 Å². The van der Waals surface area contributed by atoms with E-state index in [-0.39, 0.29) is 6.04 Å². The smallest absolute Gasteiger partial charge is 0.0400 e. The van der Waals surface area contributed by atoms with Crippen LogP contribution in [0.15, 0.2) is 48.8 Å². The standard InChI is InChI=1S/C15H19N3/c1-12-11-17-9-8-15(12)18-10-7-14(16)13-5-3-2-4-6-13/h2-6,8-9,11,14H,7,10,16H2,1H3,(H,17,18). The van der Waals surface area contributed by atoms with Gasteiger partial charge in [0.05, 0.1) is 0 Å². The van der Waals surface area contributed by atoms with E-state index < -0.39 is 0 Å². The third kappa shape index (κ3) is 3.31. The SMILES string of the molecule is Cc1cnccc1NCCC(N)c1ccccc1. The summed E-state index contributed by atoms with van der Waals surface area (Å²) < 4.78 is 0. The van der Waals surface area contributed by atoms with E-state index >= 15 is 0 Å². The van der Waals surface area contributed by atoms with E-state index in [1.54, 1.807) is 6.20 Å². The van der Waals surface area contributed by atoms with Crippen LogP contribution in [-0.4, -0.2) is 11.5 Å². The number of nitrogens with zero attached hydrogens (tertiary/aromatic N) is 1. The molecular weight excluding hydrogens is 222 g/mol. The van der Waals surface area contributed by atoms with Crippen molar-refractivity contribution < 1.29 is 0 Å². The molecule has 0 saturated heterocycles. The van der Waals surface area contributed by atoms with Crippen LogP contribution in [0.1, 0.15) is 23.6 Å². The van der Waals surface area contributed by atoms with Crippen LogP contribution in [0, 0.1) is 6.92 Å². The highest BCUT2D eigenvalue weighted by molar-refractivity contribution is 5.48. The average molecular weight is 241 g/mol. The second kappa shape index (κ2) is 6.17. The number of nitrogens with one attached hydrogen (secondary N) is 1. The Hall–Kier alpha value is -1.87. The van der Waals surface area contributed by atoms with Crippen molar-refractivity contribution in [3.63, 3.8) is 0 Å². The summed E-state index contributed by atoms with van der Waals surface area (Å²) in [6, 6.07) is 12.3. The lowest BCUT2D eigenvalue weighted by Crippen LogP contribution is -2.15. The zero-order valence-electron chi connectivity index (χ0n) is 10.6. The van der Waals surface area contributed by atoms with E-state index in [1.807, 2.05) is 37.4 Å². The van der Waals surface area contributed by atoms with Gasteiger partial charge in [-0.3, -0.25) is 4.98 Å². The van der Waals surface area contributed by atoms with Crippen LogP contribution in [0.4, 0.5) is 5.69 Å². The van der Waals surface area contributed by atoms with Gasteiger partial charge in [0.25, 0.3) is 0 Å². The molecule has 1 heterocycles. The normalized spacial score (nSPS) is 12.1. The van der Waals surface area contributed by atoms with Gasteiger partial charge in [-0.15, -0.1) is 0 Å². The fraction of sp³-hybridized carbons (Fsp3) is 0.267. The zero-order valence-corrected chi connectivity index (χ0v) is 10.6. The maximum Gasteiger partial charge on any atom is 0.0400 e. The quantitative estimate of drug-likeness (QED) is 0.846. The minimum absolute atomic E-state index is 0.0841. The largest absolute Gasteiger partial charge is 0.385 e. The summed E-state index contributed by atoms with van der Waals surface area (Å²) in [5, 5.41) is 3.39. The number of aromatic nitrogens is 1. The molecule has 3 N–H and O–H groups in total. The lowest BCUT2D eigenvalue weighted by atomic mass is 10.1. The van der Waals surface area contributed by atoms with Crippen molar-refractivity contribution in [3.8, 4) is 0 Å². The molecule has 2 rings (SSSR count). The van der Waals surface area contributed by atoms with E-state index in [4.69, 9.17) is 5.73 Å². The Bertz CT molecular complexity index is 482. The first-order valence-electron chi connectivity index (χ1n) is 6.22. The number of hydrogen-bond donors (Lipinski definition) is 2. The predicted molar refractivity (Wildman–Crippen MR) is 75.5 cm³/mol. The minimum Gasteiger partial charge on any atom is -0.385 e. The summed E-state index contributed by atoms with van der Waals surface area (Å²) >= 11 is 0. The molecule has 0 amide bonds. The molecule has 0 saturated carbocycles. The molecule has 0 bridgehead atoms. The van der Waals surface area contributed by atoms with Crippen LogP contribution in [0.5, 0.6) is 0 Å². The van der Waals surface area contributed by atoms with E-state index in [0.29, 0.717) is 0 Å². The monoisotopic (exact) mass is 241 g/mol. The molecule has 18 heavy (non-hydrogen) atoms. The molecule has 0 spiro atoms. The van der Waals surface area contributed by atoms with Crippen LogP contribution in [-0.2, 0) is 0 Å². The number of pyridine rings is 1. The summed E-state index contributed by atoms with van der Waals surface area (Å²) in [5.74, 6) is 0. The topological polar surface area (TPSA) is 50.9 Å². The van der Waals surface area contributed by atoms with Gasteiger partial charge in [-0.2, -0.15) is 0 Å². The zero-order chi connectivity index (χ0) is 12.8. The fourth-order valence-electron chi connectivity index (χ4n) is 1.90. The minimum atomic E-state index is 0.0841. The second-order valence-corrected chi connectivity index (χ2v) is 4.42. The van der Waals surface area contributed by atoms with Crippen molar-refractivity contribution in [2.75, 3.05) is 11.9 Å². The van der Waals surface area contributed by atoms with E-state index in [1.165, 1.54) is 5.56 Å². The summed E-state index contributed by atoms with van der Waals surface area (Å²) in [5.41, 5.74) is 9.62. The first kappa shape index (κ1) is 12.6. The van der Waals surface area contributed by atoms with Gasteiger partial charge in [0.1, 0.15) is 0 Å². The summed E-state index contributed by atoms with van der Waals surface area (Å²) in [7, 11) is 0. The number of aryl methyl sites for hydroxylation is 1. The van der Waals surface area contributed by atoms with Gasteiger partial charge < -0.3 is 11.1 Å². The van der Waals surface area contributed by atoms with Gasteiger partial charge in [0, 0.05) is 30.7 Å². The van der Waals surface area contributed by atoms with E-state index in [0.717, 1.165) is 24.2 Å². The Morgan fingerprint density at radius 1 is 1.22 bits per heavy atom. The lowest BCUT2D eigenvalue weighted by Gasteiger charge is -2.14. The number of benzene rings is 1. The molecule has 3 nitrogen and oxygen atoms in total. The predicted octanol–water partition coefficient (Wildman–Crippen LogP) is 2.89. The first-order chi connectivity index (χ1) is 8.77. The van der Waals surface area contributed by atoms with Crippen LogP contribution >= 0.6 is 0 Å². The summed E-state index contributed by atoms with van der Waals surface area (Å²) in [6.45, 7) is 2.91. The van der Waals surface area contributed by atoms with Gasteiger partial charge >= 0.3 is 0 Å². The molecule has 1 aromatic heterocycles. The maximum atomic E-state index is 6.14. The molecule has 1 atom stereocenters. The Labute approximate surface area is 108 Å². The van der Waals surface area contributed by atoms with Crippen LogP contribution < -0.4 is 11.1 Å². The van der Waals surface area contributed by atoms with Gasteiger partial charge in [-0.1, -0.05) is 30.3 Å². The fourth-order valence-corrected chi connectivity index (χ4v) is 1.90. The molecule has 2 aromatic rings. The molecule has 0 aliphatic heterocycles. The first-order valence-corrected chi connectivity index (χ1v) is 6.22. The lowest BCUT2D eigenvalue weighted by molar-refractivity contribution is 0.675. The van der Waals surface area contributed by atoms with Crippen molar-refractivity contribution >= 4 is 5.69 Å². The molecular formula is C15H19N3. The van der Waals surface area contributed by atoms with Gasteiger partial charge in [-0.05, 0) is 30.5 Å². The number of rotatable bonds is 5. The Morgan fingerprint density at radius 3 is 2.72 bits per heavy atom. The highest BCUT2D eigenvalue weighted by Gasteiger charge is 2.04.